The number of rotatable bonds is 4. The molecule has 0 aliphatic carbocycles. The van der Waals surface area contributed by atoms with Crippen LogP contribution in [0, 0.1) is 21.4 Å². The highest BCUT2D eigenvalue weighted by Crippen LogP contribution is 2.25. The first-order chi connectivity index (χ1) is 12.0. The van der Waals surface area contributed by atoms with Crippen LogP contribution < -0.4 is 5.32 Å². The number of nitro groups is 1. The molecular formula is C18H14N4O3. The molecule has 1 amide bonds. The molecule has 3 aromatic rings. The maximum atomic E-state index is 12.4. The number of carbonyl (C=O) groups is 1. The summed E-state index contributed by atoms with van der Waals surface area (Å²) in [6, 6.07) is 15.0. The van der Waals surface area contributed by atoms with E-state index in [4.69, 9.17) is 5.26 Å². The first-order valence-corrected chi connectivity index (χ1v) is 7.56. The Labute approximate surface area is 143 Å². The largest absolute Gasteiger partial charge is 0.345 e. The van der Waals surface area contributed by atoms with Gasteiger partial charge in [0.25, 0.3) is 11.6 Å². The number of benzene rings is 2. The van der Waals surface area contributed by atoms with Gasteiger partial charge in [-0.05, 0) is 30.7 Å². The fraction of sp³-hybridized carbons (Fsp3) is 0.111. The van der Waals surface area contributed by atoms with Crippen LogP contribution in [0.1, 0.15) is 34.6 Å². The Morgan fingerprint density at radius 3 is 2.64 bits per heavy atom. The van der Waals surface area contributed by atoms with Gasteiger partial charge in [-0.25, -0.2) is 0 Å². The number of amides is 1. The van der Waals surface area contributed by atoms with Crippen LogP contribution in [0.25, 0.3) is 10.9 Å². The monoisotopic (exact) mass is 334 g/mol. The Bertz CT molecular complexity index is 999. The van der Waals surface area contributed by atoms with Crippen LogP contribution in [0.3, 0.4) is 0 Å². The molecule has 0 aliphatic rings. The molecule has 124 valence electrons. The van der Waals surface area contributed by atoms with Gasteiger partial charge in [0.2, 0.25) is 0 Å². The number of hydrogen-bond acceptors (Lipinski definition) is 4. The van der Waals surface area contributed by atoms with Gasteiger partial charge in [0.05, 0.1) is 22.6 Å². The van der Waals surface area contributed by atoms with Crippen molar-refractivity contribution in [2.75, 3.05) is 0 Å². The Morgan fingerprint density at radius 2 is 2.00 bits per heavy atom. The lowest BCUT2D eigenvalue weighted by Gasteiger charge is -2.13. The fourth-order valence-corrected chi connectivity index (χ4v) is 2.62. The summed E-state index contributed by atoms with van der Waals surface area (Å²) in [7, 11) is 0. The second kappa shape index (κ2) is 6.45. The number of H-pyrrole nitrogens is 1. The standard InChI is InChI=1S/C18H14N4O3/c1-11(13-7-5-12(10-19)6-8-13)20-18(23)15-9-14-3-2-4-16(22(24)25)17(14)21-15/h2-9,11,21H,1H3,(H,20,23)/t11-/m1/s1. The van der Waals surface area contributed by atoms with E-state index in [0.717, 1.165) is 5.56 Å². The lowest BCUT2D eigenvalue weighted by molar-refractivity contribution is -0.383. The van der Waals surface area contributed by atoms with Gasteiger partial charge >= 0.3 is 0 Å². The van der Waals surface area contributed by atoms with E-state index < -0.39 is 4.92 Å². The van der Waals surface area contributed by atoms with Gasteiger partial charge in [-0.3, -0.25) is 14.9 Å². The molecule has 0 bridgehead atoms. The van der Waals surface area contributed by atoms with E-state index in [1.54, 1.807) is 42.5 Å². The Morgan fingerprint density at radius 1 is 1.28 bits per heavy atom. The number of non-ortho nitro benzene ring substituents is 1. The molecule has 0 aliphatic heterocycles. The lowest BCUT2D eigenvalue weighted by atomic mass is 10.1. The molecule has 0 saturated carbocycles. The summed E-state index contributed by atoms with van der Waals surface area (Å²) in [5, 5.41) is 23.3. The number of aromatic amines is 1. The number of aromatic nitrogens is 1. The Kier molecular flexibility index (Phi) is 4.18. The highest BCUT2D eigenvalue weighted by atomic mass is 16.6. The summed E-state index contributed by atoms with van der Waals surface area (Å²) in [6.07, 6.45) is 0. The highest BCUT2D eigenvalue weighted by Gasteiger charge is 2.18. The van der Waals surface area contributed by atoms with Gasteiger partial charge < -0.3 is 10.3 Å². The van der Waals surface area contributed by atoms with Crippen LogP contribution in [-0.4, -0.2) is 15.8 Å². The van der Waals surface area contributed by atoms with E-state index in [2.05, 4.69) is 10.3 Å². The molecule has 1 atom stereocenters. The molecule has 2 aromatic carbocycles. The number of nitrogens with one attached hydrogen (secondary N) is 2. The summed E-state index contributed by atoms with van der Waals surface area (Å²) in [6.45, 7) is 1.82. The van der Waals surface area contributed by atoms with Crippen molar-refractivity contribution < 1.29 is 9.72 Å². The average molecular weight is 334 g/mol. The molecule has 1 aromatic heterocycles. The lowest BCUT2D eigenvalue weighted by Crippen LogP contribution is -2.26. The van der Waals surface area contributed by atoms with Crippen molar-refractivity contribution in [1.82, 2.24) is 10.3 Å². The Hall–Kier alpha value is -3.66. The smallest absolute Gasteiger partial charge is 0.293 e. The van der Waals surface area contributed by atoms with E-state index >= 15 is 0 Å². The number of para-hydroxylation sites is 1. The van der Waals surface area contributed by atoms with Crippen molar-refractivity contribution in [3.63, 3.8) is 0 Å². The van der Waals surface area contributed by atoms with Crippen molar-refractivity contribution >= 4 is 22.5 Å². The molecular weight excluding hydrogens is 320 g/mol. The van der Waals surface area contributed by atoms with Crippen molar-refractivity contribution in [2.24, 2.45) is 0 Å². The second-order valence-electron chi connectivity index (χ2n) is 5.61. The summed E-state index contributed by atoms with van der Waals surface area (Å²) in [5.74, 6) is -0.359. The molecule has 0 radical (unpaired) electrons. The number of carbonyl (C=O) groups excluding carboxylic acids is 1. The minimum atomic E-state index is -0.486. The van der Waals surface area contributed by atoms with Crippen LogP contribution in [0.2, 0.25) is 0 Å². The zero-order valence-electron chi connectivity index (χ0n) is 13.3. The van der Waals surface area contributed by atoms with Gasteiger partial charge in [-0.1, -0.05) is 24.3 Å². The van der Waals surface area contributed by atoms with Crippen molar-refractivity contribution in [2.45, 2.75) is 13.0 Å². The molecule has 0 spiro atoms. The third-order valence-corrected chi connectivity index (χ3v) is 3.96. The maximum Gasteiger partial charge on any atom is 0.293 e. The number of nitro benzene ring substituents is 1. The van der Waals surface area contributed by atoms with E-state index in [1.165, 1.54) is 6.07 Å². The summed E-state index contributed by atoms with van der Waals surface area (Å²) < 4.78 is 0. The van der Waals surface area contributed by atoms with Gasteiger partial charge in [-0.2, -0.15) is 5.26 Å². The topological polar surface area (TPSA) is 112 Å². The molecule has 0 unspecified atom stereocenters. The van der Waals surface area contributed by atoms with Crippen LogP contribution in [0.5, 0.6) is 0 Å². The number of hydrogen-bond donors (Lipinski definition) is 2. The van der Waals surface area contributed by atoms with E-state index in [-0.39, 0.29) is 23.3 Å². The molecule has 2 N–H and O–H groups in total. The molecule has 3 rings (SSSR count). The molecule has 0 saturated heterocycles. The molecule has 25 heavy (non-hydrogen) atoms. The third kappa shape index (κ3) is 3.19. The van der Waals surface area contributed by atoms with E-state index in [1.807, 2.05) is 13.0 Å². The van der Waals surface area contributed by atoms with Gasteiger partial charge in [0.1, 0.15) is 11.2 Å². The number of fused-ring (bicyclic) bond motifs is 1. The predicted molar refractivity (Wildman–Crippen MR) is 92.0 cm³/mol. The Balaban J connectivity index is 1.83. The highest BCUT2D eigenvalue weighted by molar-refractivity contribution is 6.00. The molecule has 0 fully saturated rings. The van der Waals surface area contributed by atoms with Gasteiger partial charge in [0, 0.05) is 11.5 Å². The van der Waals surface area contributed by atoms with Gasteiger partial charge in [-0.15, -0.1) is 0 Å². The molecule has 1 heterocycles. The van der Waals surface area contributed by atoms with Crippen molar-refractivity contribution in [3.05, 3.63) is 75.5 Å². The quantitative estimate of drug-likeness (QED) is 0.562. The normalized spacial score (nSPS) is 11.7. The first kappa shape index (κ1) is 16.2. The van der Waals surface area contributed by atoms with Crippen LogP contribution in [0.15, 0.2) is 48.5 Å². The zero-order valence-corrected chi connectivity index (χ0v) is 13.3. The minimum absolute atomic E-state index is 0.0725. The maximum absolute atomic E-state index is 12.4. The van der Waals surface area contributed by atoms with Crippen LogP contribution in [-0.2, 0) is 0 Å². The number of nitriles is 1. The predicted octanol–water partition coefficient (Wildman–Crippen LogP) is 3.44. The SMILES string of the molecule is C[C@@H](NC(=O)c1cc2cccc([N+](=O)[O-])c2[nH]1)c1ccc(C#N)cc1. The summed E-state index contributed by atoms with van der Waals surface area (Å²) in [4.78, 5) is 25.8. The van der Waals surface area contributed by atoms with E-state index in [9.17, 15) is 14.9 Å². The molecule has 7 nitrogen and oxygen atoms in total. The van der Waals surface area contributed by atoms with Crippen LogP contribution >= 0.6 is 0 Å². The first-order valence-electron chi connectivity index (χ1n) is 7.56. The fourth-order valence-electron chi connectivity index (χ4n) is 2.62. The van der Waals surface area contributed by atoms with Crippen LogP contribution in [0.4, 0.5) is 5.69 Å². The van der Waals surface area contributed by atoms with E-state index in [0.29, 0.717) is 16.5 Å². The average Bonchev–Trinajstić information content (AvgIpc) is 3.05. The zero-order chi connectivity index (χ0) is 18.0. The molecule has 7 heteroatoms. The summed E-state index contributed by atoms with van der Waals surface area (Å²) in [5.41, 5.74) is 1.91. The minimum Gasteiger partial charge on any atom is -0.345 e. The summed E-state index contributed by atoms with van der Waals surface area (Å²) >= 11 is 0. The number of nitrogens with zero attached hydrogens (tertiary/aromatic N) is 2. The second-order valence-corrected chi connectivity index (χ2v) is 5.61. The van der Waals surface area contributed by atoms with Crippen molar-refractivity contribution in [3.8, 4) is 6.07 Å². The third-order valence-electron chi connectivity index (χ3n) is 3.96. The van der Waals surface area contributed by atoms with Crippen molar-refractivity contribution in [1.29, 1.82) is 5.26 Å². The van der Waals surface area contributed by atoms with Gasteiger partial charge in [0.15, 0.2) is 0 Å².